The molecule has 0 radical (unpaired) electrons. The number of alkyl halides is 1. The molecule has 0 fully saturated rings. The van der Waals surface area contributed by atoms with E-state index < -0.39 is 0 Å². The maximum atomic E-state index is 8.39. The van der Waals surface area contributed by atoms with Crippen LogP contribution in [0.1, 0.15) is 20.8 Å². The first-order chi connectivity index (χ1) is 4.45. The number of hydrogen-bond donors (Lipinski definition) is 1. The molecule has 1 atom stereocenters. The summed E-state index contributed by atoms with van der Waals surface area (Å²) in [6.07, 6.45) is 0. The number of nitriles is 1. The van der Waals surface area contributed by atoms with Crippen molar-refractivity contribution in [1.82, 2.24) is 5.32 Å². The smallest absolute Gasteiger partial charge is 0.114 e. The van der Waals surface area contributed by atoms with Crippen LogP contribution >= 0.6 is 15.9 Å². The van der Waals surface area contributed by atoms with Crippen molar-refractivity contribution in [2.75, 3.05) is 6.54 Å². The molecule has 3 heteroatoms. The fraction of sp³-hybridized carbons (Fsp3) is 0.857. The van der Waals surface area contributed by atoms with Crippen molar-refractivity contribution in [3.8, 4) is 6.07 Å². The van der Waals surface area contributed by atoms with E-state index in [1.165, 1.54) is 0 Å². The van der Waals surface area contributed by atoms with Gasteiger partial charge in [-0.2, -0.15) is 5.26 Å². The zero-order chi connectivity index (χ0) is 8.20. The van der Waals surface area contributed by atoms with Gasteiger partial charge in [0.25, 0.3) is 0 Å². The van der Waals surface area contributed by atoms with Gasteiger partial charge in [0.2, 0.25) is 0 Å². The highest BCUT2D eigenvalue weighted by atomic mass is 79.9. The van der Waals surface area contributed by atoms with Gasteiger partial charge in [0.05, 0.1) is 6.07 Å². The van der Waals surface area contributed by atoms with Gasteiger partial charge in [0.15, 0.2) is 0 Å². The Morgan fingerprint density at radius 1 is 1.60 bits per heavy atom. The van der Waals surface area contributed by atoms with Gasteiger partial charge in [-0.05, 0) is 20.8 Å². The molecular formula is C7H13BrN2. The summed E-state index contributed by atoms with van der Waals surface area (Å²) in [6, 6.07) is 2.09. The fourth-order valence-corrected chi connectivity index (χ4v) is 0.603. The topological polar surface area (TPSA) is 35.8 Å². The predicted molar refractivity (Wildman–Crippen MR) is 46.1 cm³/mol. The summed E-state index contributed by atoms with van der Waals surface area (Å²) in [4.78, 5) is -0.0771. The maximum absolute atomic E-state index is 8.39. The van der Waals surface area contributed by atoms with Gasteiger partial charge in [-0.25, -0.2) is 0 Å². The molecule has 10 heavy (non-hydrogen) atoms. The Kier molecular flexibility index (Phi) is 3.92. The van der Waals surface area contributed by atoms with Crippen molar-refractivity contribution in [2.24, 2.45) is 0 Å². The average Bonchev–Trinajstić information content (AvgIpc) is 1.81. The molecule has 0 heterocycles. The first-order valence-corrected chi connectivity index (χ1v) is 4.16. The van der Waals surface area contributed by atoms with Crippen LogP contribution in [0.4, 0.5) is 0 Å². The van der Waals surface area contributed by atoms with E-state index in [9.17, 15) is 0 Å². The summed E-state index contributed by atoms with van der Waals surface area (Å²) in [5, 5.41) is 11.6. The minimum Gasteiger partial charge on any atom is -0.310 e. The quantitative estimate of drug-likeness (QED) is 0.696. The highest BCUT2D eigenvalue weighted by Crippen LogP contribution is 2.01. The number of hydrogen-bond acceptors (Lipinski definition) is 2. The van der Waals surface area contributed by atoms with Gasteiger partial charge in [0, 0.05) is 12.1 Å². The van der Waals surface area contributed by atoms with Crippen molar-refractivity contribution in [1.29, 1.82) is 5.26 Å². The Labute approximate surface area is 70.7 Å². The summed E-state index contributed by atoms with van der Waals surface area (Å²) in [7, 11) is 0. The van der Waals surface area contributed by atoms with Crippen molar-refractivity contribution in [3.63, 3.8) is 0 Å². The molecule has 0 aliphatic carbocycles. The van der Waals surface area contributed by atoms with Crippen LogP contribution in [0.15, 0.2) is 0 Å². The molecule has 0 aliphatic heterocycles. The lowest BCUT2D eigenvalue weighted by Crippen LogP contribution is -2.39. The van der Waals surface area contributed by atoms with E-state index in [2.05, 4.69) is 48.1 Å². The van der Waals surface area contributed by atoms with Gasteiger partial charge in [-0.1, -0.05) is 15.9 Å². The molecule has 0 aromatic heterocycles. The Hall–Kier alpha value is -0.0700. The minimum absolute atomic E-state index is 0.0771. The summed E-state index contributed by atoms with van der Waals surface area (Å²) < 4.78 is 0. The lowest BCUT2D eigenvalue weighted by atomic mass is 10.1. The Morgan fingerprint density at radius 3 is 2.40 bits per heavy atom. The highest BCUT2D eigenvalue weighted by molar-refractivity contribution is 9.09. The Morgan fingerprint density at radius 2 is 2.10 bits per heavy atom. The standard InChI is InChI=1S/C7H13BrN2/c1-7(2,3)10-5-6(8)4-9/h6,10H,5H2,1-3H3. The van der Waals surface area contributed by atoms with Crippen LogP contribution in [-0.4, -0.2) is 16.9 Å². The summed E-state index contributed by atoms with van der Waals surface area (Å²) >= 11 is 3.21. The SMILES string of the molecule is CC(C)(C)NCC(Br)C#N. The predicted octanol–water partition coefficient (Wildman–Crippen LogP) is 1.66. The molecule has 0 saturated heterocycles. The second-order valence-electron chi connectivity index (χ2n) is 3.23. The Bertz CT molecular complexity index is 132. The molecule has 0 aromatic rings. The third-order valence-corrected chi connectivity index (χ3v) is 1.48. The maximum Gasteiger partial charge on any atom is 0.114 e. The molecule has 1 N–H and O–H groups in total. The molecule has 0 aliphatic rings. The number of nitrogens with zero attached hydrogens (tertiary/aromatic N) is 1. The molecule has 0 aromatic carbocycles. The van der Waals surface area contributed by atoms with Crippen molar-refractivity contribution >= 4 is 15.9 Å². The molecule has 1 unspecified atom stereocenters. The normalized spacial score (nSPS) is 14.3. The number of nitrogens with one attached hydrogen (secondary N) is 1. The minimum atomic E-state index is -0.0771. The average molecular weight is 205 g/mol. The molecule has 0 bridgehead atoms. The second-order valence-corrected chi connectivity index (χ2v) is 4.33. The van der Waals surface area contributed by atoms with Gasteiger partial charge in [-0.3, -0.25) is 0 Å². The van der Waals surface area contributed by atoms with E-state index >= 15 is 0 Å². The van der Waals surface area contributed by atoms with E-state index in [0.29, 0.717) is 6.54 Å². The van der Waals surface area contributed by atoms with E-state index in [-0.39, 0.29) is 10.4 Å². The zero-order valence-electron chi connectivity index (χ0n) is 6.61. The van der Waals surface area contributed by atoms with Crippen molar-refractivity contribution < 1.29 is 0 Å². The first kappa shape index (κ1) is 9.93. The molecule has 0 rings (SSSR count). The van der Waals surface area contributed by atoms with E-state index in [1.54, 1.807) is 0 Å². The van der Waals surface area contributed by atoms with Gasteiger partial charge >= 0.3 is 0 Å². The molecule has 0 spiro atoms. The van der Waals surface area contributed by atoms with Gasteiger partial charge in [0.1, 0.15) is 4.83 Å². The molecular weight excluding hydrogens is 192 g/mol. The highest BCUT2D eigenvalue weighted by Gasteiger charge is 2.10. The summed E-state index contributed by atoms with van der Waals surface area (Å²) in [6.45, 7) is 6.91. The lowest BCUT2D eigenvalue weighted by molar-refractivity contribution is 0.435. The van der Waals surface area contributed by atoms with Crippen molar-refractivity contribution in [3.05, 3.63) is 0 Å². The van der Waals surface area contributed by atoms with Crippen LogP contribution < -0.4 is 5.32 Å². The fourth-order valence-electron chi connectivity index (χ4n) is 0.441. The third-order valence-electron chi connectivity index (χ3n) is 0.952. The van der Waals surface area contributed by atoms with Crippen LogP contribution in [-0.2, 0) is 0 Å². The molecule has 0 amide bonds. The van der Waals surface area contributed by atoms with Crippen LogP contribution in [0.25, 0.3) is 0 Å². The first-order valence-electron chi connectivity index (χ1n) is 3.24. The van der Waals surface area contributed by atoms with E-state index in [4.69, 9.17) is 5.26 Å². The van der Waals surface area contributed by atoms with Crippen LogP contribution in [0.2, 0.25) is 0 Å². The summed E-state index contributed by atoms with van der Waals surface area (Å²) in [5.41, 5.74) is 0.100. The zero-order valence-corrected chi connectivity index (χ0v) is 8.20. The van der Waals surface area contributed by atoms with Gasteiger partial charge in [-0.15, -0.1) is 0 Å². The molecule has 0 saturated carbocycles. The van der Waals surface area contributed by atoms with Crippen LogP contribution in [0, 0.1) is 11.3 Å². The van der Waals surface area contributed by atoms with E-state index in [0.717, 1.165) is 0 Å². The monoisotopic (exact) mass is 204 g/mol. The molecule has 2 nitrogen and oxygen atoms in total. The number of halogens is 1. The largest absolute Gasteiger partial charge is 0.310 e. The van der Waals surface area contributed by atoms with E-state index in [1.807, 2.05) is 0 Å². The summed E-state index contributed by atoms with van der Waals surface area (Å²) in [5.74, 6) is 0. The van der Waals surface area contributed by atoms with Crippen LogP contribution in [0.5, 0.6) is 0 Å². The number of rotatable bonds is 2. The Balaban J connectivity index is 3.48. The van der Waals surface area contributed by atoms with Gasteiger partial charge < -0.3 is 5.32 Å². The third kappa shape index (κ3) is 6.06. The molecule has 58 valence electrons. The second kappa shape index (κ2) is 3.95. The lowest BCUT2D eigenvalue weighted by Gasteiger charge is -2.20. The van der Waals surface area contributed by atoms with Crippen LogP contribution in [0.3, 0.4) is 0 Å². The van der Waals surface area contributed by atoms with Crippen molar-refractivity contribution in [2.45, 2.75) is 31.1 Å².